The Morgan fingerprint density at radius 2 is 1.94 bits per heavy atom. The molecule has 0 aliphatic carbocycles. The molecule has 8 atom stereocenters. The van der Waals surface area contributed by atoms with E-state index in [-0.39, 0.29) is 29.9 Å². The molecule has 0 saturated carbocycles. The van der Waals surface area contributed by atoms with Crippen molar-refractivity contribution in [2.24, 2.45) is 5.92 Å². The Labute approximate surface area is 305 Å². The molecule has 13 nitrogen and oxygen atoms in total. The van der Waals surface area contributed by atoms with Crippen molar-refractivity contribution in [2.75, 3.05) is 26.2 Å². The molecule has 2 amide bonds. The van der Waals surface area contributed by atoms with Gasteiger partial charge in [-0.05, 0) is 50.8 Å². The van der Waals surface area contributed by atoms with E-state index in [1.165, 1.54) is 19.1 Å². The molecule has 1 aromatic carbocycles. The Balaban J connectivity index is 0.000000501. The van der Waals surface area contributed by atoms with Gasteiger partial charge in [0.05, 0.1) is 31.4 Å². The number of hydrogen-bond acceptors (Lipinski definition) is 11. The van der Waals surface area contributed by atoms with Crippen LogP contribution in [0.4, 0.5) is 15.3 Å². The van der Waals surface area contributed by atoms with Crippen LogP contribution in [0.3, 0.4) is 0 Å². The Bertz CT molecular complexity index is 1440. The minimum absolute atomic E-state index is 0.0310. The number of carboxylic acid groups (broad SMARTS) is 1. The smallest absolute Gasteiger partial charge is 0.409 e. The maximum Gasteiger partial charge on any atom is 0.409 e. The van der Waals surface area contributed by atoms with E-state index in [1.54, 1.807) is 26.1 Å². The molecule has 3 N–H and O–H groups in total. The van der Waals surface area contributed by atoms with Gasteiger partial charge in [-0.1, -0.05) is 75.4 Å². The fraction of sp³-hybridized carbons (Fsp3) is 0.649. The first-order valence-electron chi connectivity index (χ1n) is 17.5. The van der Waals surface area contributed by atoms with Gasteiger partial charge >= 0.3 is 6.09 Å². The number of aliphatic hydroxyl groups excluding tert-OH is 1. The molecule has 14 heteroatoms. The van der Waals surface area contributed by atoms with Gasteiger partial charge in [0.15, 0.2) is 5.72 Å². The van der Waals surface area contributed by atoms with Crippen molar-refractivity contribution in [1.82, 2.24) is 5.32 Å². The predicted molar refractivity (Wildman–Crippen MR) is 190 cm³/mol. The highest BCUT2D eigenvalue weighted by atomic mass is 35.5. The number of fused-ring (bicyclic) bond motifs is 5. The second-order valence-electron chi connectivity index (χ2n) is 13.7. The zero-order chi connectivity index (χ0) is 38.1. The number of rotatable bonds is 8. The van der Waals surface area contributed by atoms with E-state index in [1.807, 2.05) is 39.0 Å². The molecular weight excluding hydrogens is 684 g/mol. The number of aliphatic hydroxyl groups is 2. The predicted octanol–water partition coefficient (Wildman–Crippen LogP) is 4.82. The summed E-state index contributed by atoms with van der Waals surface area (Å²) in [5, 5.41) is 35.3. The van der Waals surface area contributed by atoms with Crippen molar-refractivity contribution in [3.8, 4) is 5.75 Å². The van der Waals surface area contributed by atoms with Crippen molar-refractivity contribution in [1.29, 1.82) is 0 Å². The number of methoxy groups -OCH3 is 2. The van der Waals surface area contributed by atoms with E-state index >= 15 is 0 Å². The highest BCUT2D eigenvalue weighted by molar-refractivity contribution is 6.35. The minimum atomic E-state index is -1.73. The van der Waals surface area contributed by atoms with Crippen LogP contribution in [-0.2, 0) is 30.2 Å². The molecule has 1 aromatic rings. The zero-order valence-electron chi connectivity index (χ0n) is 30.9. The molecule has 3 aliphatic rings. The summed E-state index contributed by atoms with van der Waals surface area (Å²) < 4.78 is 27.0. The molecule has 3 heterocycles. The van der Waals surface area contributed by atoms with Crippen LogP contribution in [-0.4, -0.2) is 91.5 Å². The molecule has 51 heavy (non-hydrogen) atoms. The number of anilines is 1. The molecule has 0 radical (unpaired) electrons. The number of halogens is 1. The van der Waals surface area contributed by atoms with E-state index in [9.17, 15) is 29.7 Å². The Hall–Kier alpha value is -3.36. The first-order chi connectivity index (χ1) is 24.0. The van der Waals surface area contributed by atoms with Crippen LogP contribution in [0.2, 0.25) is 5.02 Å². The summed E-state index contributed by atoms with van der Waals surface area (Å²) in [4.78, 5) is 37.2. The highest BCUT2D eigenvalue weighted by Crippen LogP contribution is 2.48. The van der Waals surface area contributed by atoms with Gasteiger partial charge in [-0.15, -0.1) is 0 Å². The monoisotopic (exact) mass is 737 g/mol. The third kappa shape index (κ3) is 10.8. The summed E-state index contributed by atoms with van der Waals surface area (Å²) >= 11 is 6.58. The van der Waals surface area contributed by atoms with Crippen molar-refractivity contribution in [2.45, 2.75) is 128 Å². The molecule has 2 fully saturated rings. The van der Waals surface area contributed by atoms with E-state index in [4.69, 9.17) is 30.5 Å². The minimum Gasteiger partial charge on any atom is -0.546 e. The van der Waals surface area contributed by atoms with E-state index in [2.05, 4.69) is 17.0 Å². The SMILES string of the molecule is CCCCCC(CC)OC(=O)[O-].COc1cc2cc(c1Cl)N(C)C(=O)CC(O)C1(C)OC1C(C)C1CC(O)(NC(=O)O1)C(OC)/C=C/C=C(\C)C2. The first-order valence-corrected chi connectivity index (χ1v) is 17.9. The van der Waals surface area contributed by atoms with Gasteiger partial charge in [0.2, 0.25) is 5.91 Å². The van der Waals surface area contributed by atoms with Crippen LogP contribution in [0.25, 0.3) is 0 Å². The van der Waals surface area contributed by atoms with Crippen LogP contribution in [0.5, 0.6) is 5.75 Å². The third-order valence-corrected chi connectivity index (χ3v) is 10.2. The Morgan fingerprint density at radius 1 is 1.24 bits per heavy atom. The van der Waals surface area contributed by atoms with E-state index < -0.39 is 53.9 Å². The number of nitrogens with one attached hydrogen (secondary N) is 1. The normalized spacial score (nSPS) is 31.7. The largest absolute Gasteiger partial charge is 0.546 e. The van der Waals surface area contributed by atoms with Gasteiger partial charge < -0.3 is 48.7 Å². The molecule has 4 rings (SSSR count). The van der Waals surface area contributed by atoms with Gasteiger partial charge in [0.1, 0.15) is 28.6 Å². The van der Waals surface area contributed by atoms with Crippen LogP contribution >= 0.6 is 11.6 Å². The van der Waals surface area contributed by atoms with Gasteiger partial charge in [0, 0.05) is 32.6 Å². The highest BCUT2D eigenvalue weighted by Gasteiger charge is 2.62. The van der Waals surface area contributed by atoms with Crippen molar-refractivity contribution < 1.29 is 53.4 Å². The number of allylic oxidation sites excluding steroid dienone is 3. The lowest BCUT2D eigenvalue weighted by atomic mass is 9.84. The molecular formula is C37H54ClN2O11-. The molecule has 286 valence electrons. The quantitative estimate of drug-likeness (QED) is 0.189. The maximum atomic E-state index is 13.3. The summed E-state index contributed by atoms with van der Waals surface area (Å²) in [6.07, 6.45) is 4.91. The van der Waals surface area contributed by atoms with E-state index in [0.717, 1.165) is 43.2 Å². The average molecular weight is 738 g/mol. The number of hydrogen-bond donors (Lipinski definition) is 3. The number of alkyl carbamates (subject to hydrolysis) is 1. The fourth-order valence-corrected chi connectivity index (χ4v) is 6.88. The molecule has 3 aliphatic heterocycles. The number of epoxide rings is 1. The lowest BCUT2D eigenvalue weighted by molar-refractivity contribution is -0.287. The van der Waals surface area contributed by atoms with Crippen molar-refractivity contribution >= 4 is 35.4 Å². The van der Waals surface area contributed by atoms with Crippen LogP contribution in [0, 0.1) is 5.92 Å². The number of carbonyl (C=O) groups is 3. The maximum absolute atomic E-state index is 13.3. The summed E-state index contributed by atoms with van der Waals surface area (Å²) in [6.45, 7) is 9.51. The standard InChI is InChI=1S/C28H37ClN2O8.C9H18O3/c1-15-8-7-9-22(37-6)28(35)14-20(38-26(34)30-28)16(2)25-27(3,39-25)21(32)13-23(33)31(4)18-11-17(10-15)12-19(36-5)24(18)29;1-3-5-6-7-8(4-2)12-9(10)11/h7-9,11-12,16,20-22,25,32,35H,10,13-14H2,1-6H3,(H,30,34);8H,3-7H2,1-2H3,(H,10,11)/p-1/b9-7+,15-8+;. The van der Waals surface area contributed by atoms with Gasteiger partial charge in [0.25, 0.3) is 6.16 Å². The molecule has 8 unspecified atom stereocenters. The molecule has 2 saturated heterocycles. The van der Waals surface area contributed by atoms with Crippen LogP contribution in [0.15, 0.2) is 35.9 Å². The molecule has 0 spiro atoms. The van der Waals surface area contributed by atoms with Gasteiger partial charge in [-0.25, -0.2) is 4.79 Å². The average Bonchev–Trinajstić information content (AvgIpc) is 3.78. The summed E-state index contributed by atoms with van der Waals surface area (Å²) in [6, 6.07) is 3.63. The number of benzene rings is 1. The fourth-order valence-electron chi connectivity index (χ4n) is 6.57. The first kappa shape index (κ1) is 42.1. The lowest BCUT2D eigenvalue weighted by Crippen LogP contribution is -2.63. The van der Waals surface area contributed by atoms with Crippen molar-refractivity contribution in [3.63, 3.8) is 0 Å². The van der Waals surface area contributed by atoms with Crippen LogP contribution < -0.4 is 20.1 Å². The number of nitrogens with zero attached hydrogens (tertiary/aromatic N) is 1. The lowest BCUT2D eigenvalue weighted by Gasteiger charge is -2.42. The van der Waals surface area contributed by atoms with Crippen LogP contribution in [0.1, 0.15) is 85.1 Å². The zero-order valence-corrected chi connectivity index (χ0v) is 31.7. The number of unbranched alkanes of at least 4 members (excludes halogenated alkanes) is 2. The van der Waals surface area contributed by atoms with Gasteiger partial charge in [-0.2, -0.15) is 0 Å². The third-order valence-electron chi connectivity index (χ3n) is 9.83. The summed E-state index contributed by atoms with van der Waals surface area (Å²) in [5.41, 5.74) is -0.479. The number of ether oxygens (including phenoxy) is 5. The van der Waals surface area contributed by atoms with E-state index in [0.29, 0.717) is 17.9 Å². The summed E-state index contributed by atoms with van der Waals surface area (Å²) in [7, 11) is 4.56. The van der Waals surface area contributed by atoms with Gasteiger partial charge in [-0.3, -0.25) is 10.1 Å². The molecule has 0 aromatic heterocycles. The topological polar surface area (TPSA) is 179 Å². The Morgan fingerprint density at radius 3 is 2.55 bits per heavy atom. The Kier molecular flexibility index (Phi) is 15.2. The second kappa shape index (κ2) is 18.4. The van der Waals surface area contributed by atoms with Crippen molar-refractivity contribution in [3.05, 3.63) is 46.5 Å². The number of carbonyl (C=O) groups excluding carboxylic acids is 3. The summed E-state index contributed by atoms with van der Waals surface area (Å²) in [5.74, 6) is -0.323. The number of amides is 2. The second-order valence-corrected chi connectivity index (χ2v) is 14.1. The molecule has 4 bridgehead atoms.